The van der Waals surface area contributed by atoms with Crippen LogP contribution < -0.4 is 4.90 Å². The number of aryl methyl sites for hydroxylation is 3. The van der Waals surface area contributed by atoms with Crippen molar-refractivity contribution in [3.8, 4) is 0 Å². The summed E-state index contributed by atoms with van der Waals surface area (Å²) in [5.41, 5.74) is 2.49. The van der Waals surface area contributed by atoms with Gasteiger partial charge < -0.3 is 4.90 Å². The van der Waals surface area contributed by atoms with Crippen molar-refractivity contribution in [2.45, 2.75) is 26.4 Å². The number of fused-ring (bicyclic) bond motifs is 1. The van der Waals surface area contributed by atoms with Crippen LogP contribution in [0.2, 0.25) is 0 Å². The van der Waals surface area contributed by atoms with Gasteiger partial charge in [-0.15, -0.1) is 10.2 Å². The molecule has 1 aliphatic heterocycles. The first kappa shape index (κ1) is 15.7. The van der Waals surface area contributed by atoms with E-state index in [1.54, 1.807) is 21.5 Å². The largest absolute Gasteiger partial charge is 0.337 e. The number of anilines is 1. The lowest BCUT2D eigenvalue weighted by molar-refractivity contribution is 0.364. The number of halogens is 1. The first-order valence-corrected chi connectivity index (χ1v) is 8.18. The molecule has 0 aliphatic carbocycles. The van der Waals surface area contributed by atoms with Gasteiger partial charge in [-0.1, -0.05) is 0 Å². The number of rotatable bonds is 3. The maximum absolute atomic E-state index is 13.4. The zero-order chi connectivity index (χ0) is 17.6. The molecule has 1 aliphatic rings. The summed E-state index contributed by atoms with van der Waals surface area (Å²) in [5.74, 6) is 1.80. The molecule has 0 N–H and O–H groups in total. The maximum Gasteiger partial charge on any atom is 0.245 e. The van der Waals surface area contributed by atoms with Crippen LogP contribution in [-0.2, 0) is 7.05 Å². The van der Waals surface area contributed by atoms with Crippen LogP contribution in [0.5, 0.6) is 0 Å². The highest BCUT2D eigenvalue weighted by Gasteiger charge is 2.25. The van der Waals surface area contributed by atoms with Gasteiger partial charge in [0.1, 0.15) is 6.17 Å². The number of alkyl halides is 1. The van der Waals surface area contributed by atoms with Gasteiger partial charge in [0.05, 0.1) is 17.9 Å². The fourth-order valence-corrected chi connectivity index (χ4v) is 2.89. The van der Waals surface area contributed by atoms with Crippen LogP contribution in [0.15, 0.2) is 6.20 Å². The van der Waals surface area contributed by atoms with Crippen molar-refractivity contribution in [2.75, 3.05) is 18.0 Å². The fraction of sp³-hybridized carbons (Fsp3) is 0.438. The van der Waals surface area contributed by atoms with E-state index in [4.69, 9.17) is 0 Å². The number of aromatic nitrogens is 7. The summed E-state index contributed by atoms with van der Waals surface area (Å²) < 4.78 is 16.8. The monoisotopic (exact) mass is 342 g/mol. The van der Waals surface area contributed by atoms with Crippen LogP contribution in [0.25, 0.3) is 17.8 Å². The molecule has 0 aromatic carbocycles. The zero-order valence-electron chi connectivity index (χ0n) is 14.4. The van der Waals surface area contributed by atoms with Gasteiger partial charge >= 0.3 is 0 Å². The Balaban J connectivity index is 1.61. The molecule has 4 rings (SSSR count). The third-order valence-electron chi connectivity index (χ3n) is 4.31. The van der Waals surface area contributed by atoms with Crippen molar-refractivity contribution in [1.82, 2.24) is 34.3 Å². The maximum atomic E-state index is 13.4. The molecular weight excluding hydrogens is 323 g/mol. The Kier molecular flexibility index (Phi) is 3.70. The predicted octanol–water partition coefficient (Wildman–Crippen LogP) is 1.59. The lowest BCUT2D eigenvalue weighted by atomic mass is 10.3. The number of nitrogens with zero attached hydrogens (tertiary/aromatic N) is 8. The van der Waals surface area contributed by atoms with Crippen molar-refractivity contribution in [2.24, 2.45) is 7.05 Å². The molecule has 0 radical (unpaired) electrons. The zero-order valence-corrected chi connectivity index (χ0v) is 14.4. The second kappa shape index (κ2) is 5.91. The third-order valence-corrected chi connectivity index (χ3v) is 4.31. The Labute approximate surface area is 144 Å². The van der Waals surface area contributed by atoms with E-state index in [2.05, 4.69) is 25.1 Å². The molecular formula is C16H19FN8. The molecule has 3 aromatic heterocycles. The van der Waals surface area contributed by atoms with Gasteiger partial charge in [-0.25, -0.2) is 18.6 Å². The van der Waals surface area contributed by atoms with Crippen LogP contribution in [-0.4, -0.2) is 53.6 Å². The summed E-state index contributed by atoms with van der Waals surface area (Å²) in [7, 11) is 1.81. The predicted molar refractivity (Wildman–Crippen MR) is 91.9 cm³/mol. The van der Waals surface area contributed by atoms with Crippen molar-refractivity contribution >= 4 is 23.7 Å². The molecule has 0 amide bonds. The average Bonchev–Trinajstić information content (AvgIpc) is 3.28. The lowest BCUT2D eigenvalue weighted by Gasteiger charge is -2.10. The van der Waals surface area contributed by atoms with Crippen LogP contribution >= 0.6 is 0 Å². The SMILES string of the molecule is Cc1ncc(C)n2nc(C=Cc3nc(N4CC[C@@H](F)C4)nn3C)nc12. The van der Waals surface area contributed by atoms with Gasteiger partial charge in [-0.2, -0.15) is 4.98 Å². The molecule has 0 saturated carbocycles. The minimum Gasteiger partial charge on any atom is -0.337 e. The molecule has 3 aromatic rings. The van der Waals surface area contributed by atoms with E-state index >= 15 is 0 Å². The van der Waals surface area contributed by atoms with Gasteiger partial charge in [-0.3, -0.25) is 4.98 Å². The van der Waals surface area contributed by atoms with Gasteiger partial charge in [0.2, 0.25) is 5.95 Å². The van der Waals surface area contributed by atoms with Gasteiger partial charge in [0, 0.05) is 19.8 Å². The van der Waals surface area contributed by atoms with Crippen molar-refractivity contribution in [3.63, 3.8) is 0 Å². The van der Waals surface area contributed by atoms with Gasteiger partial charge in [0.15, 0.2) is 17.3 Å². The highest BCUT2D eigenvalue weighted by atomic mass is 19.1. The number of hydrogen-bond donors (Lipinski definition) is 0. The van der Waals surface area contributed by atoms with Crippen molar-refractivity contribution in [3.05, 3.63) is 29.2 Å². The van der Waals surface area contributed by atoms with E-state index in [0.717, 1.165) is 17.0 Å². The van der Waals surface area contributed by atoms with E-state index in [9.17, 15) is 4.39 Å². The van der Waals surface area contributed by atoms with E-state index in [-0.39, 0.29) is 0 Å². The third kappa shape index (κ3) is 2.86. The number of hydrogen-bond acceptors (Lipinski definition) is 6. The first-order valence-electron chi connectivity index (χ1n) is 8.18. The van der Waals surface area contributed by atoms with Crippen LogP contribution in [0.3, 0.4) is 0 Å². The minimum absolute atomic E-state index is 0.354. The molecule has 25 heavy (non-hydrogen) atoms. The van der Waals surface area contributed by atoms with Gasteiger partial charge in [-0.05, 0) is 32.4 Å². The normalized spacial score (nSPS) is 18.1. The van der Waals surface area contributed by atoms with Gasteiger partial charge in [0.25, 0.3) is 0 Å². The second-order valence-corrected chi connectivity index (χ2v) is 6.25. The lowest BCUT2D eigenvalue weighted by Crippen LogP contribution is -2.21. The van der Waals surface area contributed by atoms with E-state index in [0.29, 0.717) is 37.1 Å². The van der Waals surface area contributed by atoms with Crippen LogP contribution in [0.1, 0.15) is 29.5 Å². The van der Waals surface area contributed by atoms with Crippen LogP contribution in [0.4, 0.5) is 10.3 Å². The summed E-state index contributed by atoms with van der Waals surface area (Å²) in [4.78, 5) is 15.1. The quantitative estimate of drug-likeness (QED) is 0.719. The molecule has 1 saturated heterocycles. The Morgan fingerprint density at radius 3 is 2.76 bits per heavy atom. The molecule has 8 nitrogen and oxygen atoms in total. The summed E-state index contributed by atoms with van der Waals surface area (Å²) in [6.45, 7) is 4.84. The molecule has 130 valence electrons. The molecule has 1 fully saturated rings. The van der Waals surface area contributed by atoms with E-state index < -0.39 is 6.17 Å². The fourth-order valence-electron chi connectivity index (χ4n) is 2.89. The highest BCUT2D eigenvalue weighted by molar-refractivity contribution is 5.65. The second-order valence-electron chi connectivity index (χ2n) is 6.25. The molecule has 0 spiro atoms. The smallest absolute Gasteiger partial charge is 0.245 e. The summed E-state index contributed by atoms with van der Waals surface area (Å²) in [5, 5.41) is 8.84. The highest BCUT2D eigenvalue weighted by Crippen LogP contribution is 2.19. The molecule has 0 unspecified atom stereocenters. The Morgan fingerprint density at radius 2 is 2.04 bits per heavy atom. The van der Waals surface area contributed by atoms with Crippen LogP contribution in [0, 0.1) is 13.8 Å². The summed E-state index contributed by atoms with van der Waals surface area (Å²) in [6.07, 6.45) is 5.10. The van der Waals surface area contributed by atoms with E-state index in [1.807, 2.05) is 31.9 Å². The minimum atomic E-state index is -0.801. The topological polar surface area (TPSA) is 77.0 Å². The Hall–Kier alpha value is -2.84. The first-order chi connectivity index (χ1) is 12.0. The Bertz CT molecular complexity index is 918. The average molecular weight is 342 g/mol. The Morgan fingerprint density at radius 1 is 1.20 bits per heavy atom. The molecule has 0 bridgehead atoms. The van der Waals surface area contributed by atoms with E-state index in [1.165, 1.54) is 0 Å². The molecule has 4 heterocycles. The molecule has 1 atom stereocenters. The summed E-state index contributed by atoms with van der Waals surface area (Å²) in [6, 6.07) is 0. The van der Waals surface area contributed by atoms with Crippen molar-refractivity contribution < 1.29 is 4.39 Å². The molecule has 9 heteroatoms. The summed E-state index contributed by atoms with van der Waals surface area (Å²) >= 11 is 0. The van der Waals surface area contributed by atoms with Crippen molar-refractivity contribution in [1.29, 1.82) is 0 Å². The standard InChI is InChI=1S/C16H19FN8/c1-10-8-18-11(2)15-19-13(21-25(10)15)4-5-14-20-16(22-23(14)3)24-7-6-12(17)9-24/h4-5,8,12H,6-7,9H2,1-3H3/t12-/m1/s1.